The van der Waals surface area contributed by atoms with E-state index >= 15 is 0 Å². The number of hydrazine groups is 1. The van der Waals surface area contributed by atoms with Gasteiger partial charge in [-0.1, -0.05) is 30.3 Å². The second kappa shape index (κ2) is 10.4. The molecule has 4 rings (SSSR count). The first-order valence-corrected chi connectivity index (χ1v) is 13.0. The van der Waals surface area contributed by atoms with Gasteiger partial charge in [0.2, 0.25) is 10.0 Å². The Labute approximate surface area is 202 Å². The van der Waals surface area contributed by atoms with Gasteiger partial charge >= 0.3 is 0 Å². The minimum absolute atomic E-state index is 0.127. The van der Waals surface area contributed by atoms with Crippen molar-refractivity contribution in [1.82, 2.24) is 25.0 Å². The number of rotatable bonds is 6. The molecule has 0 spiro atoms. The molecule has 0 unspecified atom stereocenters. The van der Waals surface area contributed by atoms with Crippen LogP contribution in [0.1, 0.15) is 31.4 Å². The topological polar surface area (TPSA) is 112 Å². The fraction of sp³-hybridized carbons (Fsp3) is 0.261. The molecule has 2 amide bonds. The summed E-state index contributed by atoms with van der Waals surface area (Å²) in [5.74, 6) is -1.08. The molecule has 1 saturated heterocycles. The van der Waals surface area contributed by atoms with E-state index in [1.165, 1.54) is 45.5 Å². The first-order valence-electron chi connectivity index (χ1n) is 10.7. The van der Waals surface area contributed by atoms with Crippen LogP contribution in [0.15, 0.2) is 64.9 Å². The molecule has 1 fully saturated rings. The van der Waals surface area contributed by atoms with Gasteiger partial charge in [0.1, 0.15) is 5.69 Å². The van der Waals surface area contributed by atoms with Gasteiger partial charge in [-0.3, -0.25) is 25.3 Å². The molecule has 0 bridgehead atoms. The lowest BCUT2D eigenvalue weighted by atomic mass is 10.2. The molecule has 0 aliphatic carbocycles. The van der Waals surface area contributed by atoms with Crippen LogP contribution in [0, 0.1) is 6.92 Å². The van der Waals surface area contributed by atoms with Gasteiger partial charge < -0.3 is 0 Å². The number of carbonyl (C=O) groups is 2. The summed E-state index contributed by atoms with van der Waals surface area (Å²) in [4.78, 5) is 30.7. The minimum atomic E-state index is -3.66. The molecular weight excluding hydrogens is 474 g/mol. The predicted octanol–water partition coefficient (Wildman–Crippen LogP) is 2.03. The van der Waals surface area contributed by atoms with E-state index in [4.69, 9.17) is 0 Å². The number of amides is 2. The van der Waals surface area contributed by atoms with Crippen LogP contribution in [-0.2, 0) is 16.6 Å². The van der Waals surface area contributed by atoms with Gasteiger partial charge in [-0.2, -0.15) is 4.31 Å². The number of aryl methyl sites for hydroxylation is 1. The molecule has 0 radical (unpaired) electrons. The Morgan fingerprint density at radius 1 is 0.941 bits per heavy atom. The second-order valence-corrected chi connectivity index (χ2v) is 10.9. The third-order valence-electron chi connectivity index (χ3n) is 5.48. The van der Waals surface area contributed by atoms with Crippen molar-refractivity contribution in [3.63, 3.8) is 0 Å². The summed E-state index contributed by atoms with van der Waals surface area (Å²) >= 11 is 1.33. The number of thiazole rings is 1. The van der Waals surface area contributed by atoms with Crippen LogP contribution in [0.2, 0.25) is 0 Å². The van der Waals surface area contributed by atoms with Crippen LogP contribution < -0.4 is 10.9 Å². The van der Waals surface area contributed by atoms with Crippen LogP contribution in [0.4, 0.5) is 0 Å². The van der Waals surface area contributed by atoms with Crippen molar-refractivity contribution >= 4 is 33.2 Å². The summed E-state index contributed by atoms with van der Waals surface area (Å²) in [6, 6.07) is 15.8. The maximum Gasteiger partial charge on any atom is 0.289 e. The van der Waals surface area contributed by atoms with Crippen LogP contribution in [0.25, 0.3) is 0 Å². The average molecular weight is 500 g/mol. The van der Waals surface area contributed by atoms with Gasteiger partial charge in [0.25, 0.3) is 11.8 Å². The highest BCUT2D eigenvalue weighted by atomic mass is 32.2. The average Bonchev–Trinajstić information content (AvgIpc) is 3.30. The van der Waals surface area contributed by atoms with Crippen LogP contribution in [0.3, 0.4) is 0 Å². The van der Waals surface area contributed by atoms with E-state index in [-0.39, 0.29) is 16.2 Å². The first kappa shape index (κ1) is 24.0. The van der Waals surface area contributed by atoms with Gasteiger partial charge in [0.15, 0.2) is 0 Å². The van der Waals surface area contributed by atoms with E-state index in [2.05, 4.69) is 32.9 Å². The molecule has 9 nitrogen and oxygen atoms in total. The fourth-order valence-corrected chi connectivity index (χ4v) is 5.63. The van der Waals surface area contributed by atoms with E-state index < -0.39 is 21.8 Å². The molecule has 178 valence electrons. The lowest BCUT2D eigenvalue weighted by molar-refractivity contribution is 0.0844. The van der Waals surface area contributed by atoms with Gasteiger partial charge in [-0.05, 0) is 36.8 Å². The van der Waals surface area contributed by atoms with Crippen molar-refractivity contribution in [2.24, 2.45) is 0 Å². The van der Waals surface area contributed by atoms with Gasteiger partial charge in [0, 0.05) is 43.7 Å². The number of hydrogen-bond donors (Lipinski definition) is 2. The van der Waals surface area contributed by atoms with Crippen molar-refractivity contribution in [2.45, 2.75) is 18.4 Å². The molecular formula is C23H25N5O4S2. The summed E-state index contributed by atoms with van der Waals surface area (Å²) in [6.45, 7) is 4.66. The maximum atomic E-state index is 13.1. The smallest absolute Gasteiger partial charge is 0.289 e. The molecule has 2 aromatic carbocycles. The van der Waals surface area contributed by atoms with Crippen LogP contribution in [0.5, 0.6) is 0 Å². The molecule has 34 heavy (non-hydrogen) atoms. The summed E-state index contributed by atoms with van der Waals surface area (Å²) < 4.78 is 27.6. The Morgan fingerprint density at radius 2 is 1.59 bits per heavy atom. The van der Waals surface area contributed by atoms with E-state index in [0.717, 1.165) is 11.6 Å². The van der Waals surface area contributed by atoms with E-state index in [0.29, 0.717) is 26.2 Å². The van der Waals surface area contributed by atoms with Crippen molar-refractivity contribution in [3.05, 3.63) is 81.8 Å². The number of carbonyl (C=O) groups excluding carboxylic acids is 2. The third-order valence-corrected chi connectivity index (χ3v) is 8.16. The highest BCUT2D eigenvalue weighted by Crippen LogP contribution is 2.19. The standard InChI is InChI=1S/C23H25N5O4S2/c1-17-24-21(16-33-17)23(30)26-25-22(29)19-7-9-20(10-8-19)34(31,32)28-13-11-27(12-14-28)15-18-5-3-2-4-6-18/h2-10,16H,11-15H2,1H3,(H,25,29)(H,26,30). The fourth-order valence-electron chi connectivity index (χ4n) is 3.61. The van der Waals surface area contributed by atoms with Gasteiger partial charge in [0.05, 0.1) is 9.90 Å². The Balaban J connectivity index is 1.31. The molecule has 0 saturated carbocycles. The SMILES string of the molecule is Cc1nc(C(=O)NNC(=O)c2ccc(S(=O)(=O)N3CCN(Cc4ccccc4)CC3)cc2)cs1. The van der Waals surface area contributed by atoms with Crippen LogP contribution in [-0.4, -0.2) is 60.6 Å². The molecule has 11 heteroatoms. The van der Waals surface area contributed by atoms with Crippen molar-refractivity contribution in [2.75, 3.05) is 26.2 Å². The maximum absolute atomic E-state index is 13.1. The van der Waals surface area contributed by atoms with E-state index in [9.17, 15) is 18.0 Å². The van der Waals surface area contributed by atoms with Gasteiger partial charge in [-0.15, -0.1) is 11.3 Å². The highest BCUT2D eigenvalue weighted by molar-refractivity contribution is 7.89. The van der Waals surface area contributed by atoms with E-state index in [1.807, 2.05) is 18.2 Å². The minimum Gasteiger partial charge on any atom is -0.296 e. The molecule has 2 N–H and O–H groups in total. The Bertz CT molecular complexity index is 1250. The molecule has 1 aliphatic rings. The zero-order chi connectivity index (χ0) is 24.1. The zero-order valence-electron chi connectivity index (χ0n) is 18.6. The number of hydrogen-bond acceptors (Lipinski definition) is 7. The normalized spacial score (nSPS) is 15.1. The number of benzene rings is 2. The van der Waals surface area contributed by atoms with Crippen molar-refractivity contribution in [3.8, 4) is 0 Å². The number of piperazine rings is 1. The summed E-state index contributed by atoms with van der Waals surface area (Å²) in [5, 5.41) is 2.34. The first-order chi connectivity index (χ1) is 16.3. The second-order valence-electron chi connectivity index (χ2n) is 7.85. The largest absolute Gasteiger partial charge is 0.296 e. The molecule has 2 heterocycles. The number of sulfonamides is 1. The molecule has 1 aromatic heterocycles. The van der Waals surface area contributed by atoms with Crippen LogP contribution >= 0.6 is 11.3 Å². The summed E-state index contributed by atoms with van der Waals surface area (Å²) in [5.41, 5.74) is 6.26. The van der Waals surface area contributed by atoms with Crippen molar-refractivity contribution in [1.29, 1.82) is 0 Å². The zero-order valence-corrected chi connectivity index (χ0v) is 20.2. The summed E-state index contributed by atoms with van der Waals surface area (Å²) in [7, 11) is -3.66. The third kappa shape index (κ3) is 5.68. The quantitative estimate of drug-likeness (QED) is 0.502. The van der Waals surface area contributed by atoms with E-state index in [1.54, 1.807) is 12.3 Å². The van der Waals surface area contributed by atoms with Crippen molar-refractivity contribution < 1.29 is 18.0 Å². The molecule has 0 atom stereocenters. The lowest BCUT2D eigenvalue weighted by Gasteiger charge is -2.34. The monoisotopic (exact) mass is 499 g/mol. The molecule has 3 aromatic rings. The highest BCUT2D eigenvalue weighted by Gasteiger charge is 2.28. The lowest BCUT2D eigenvalue weighted by Crippen LogP contribution is -2.48. The summed E-state index contributed by atoms with van der Waals surface area (Å²) in [6.07, 6.45) is 0. The van der Waals surface area contributed by atoms with Gasteiger partial charge in [-0.25, -0.2) is 13.4 Å². The Morgan fingerprint density at radius 3 is 2.21 bits per heavy atom. The number of nitrogens with zero attached hydrogens (tertiary/aromatic N) is 3. The Kier molecular flexibility index (Phi) is 7.37. The number of nitrogens with one attached hydrogen (secondary N) is 2. The predicted molar refractivity (Wildman–Crippen MR) is 129 cm³/mol. The Hall–Kier alpha value is -3.12. The number of aromatic nitrogens is 1. The molecule has 1 aliphatic heterocycles.